The number of hydrogen-bond donors (Lipinski definition) is 2. The van der Waals surface area contributed by atoms with Crippen molar-refractivity contribution in [1.82, 2.24) is 10.2 Å². The van der Waals surface area contributed by atoms with Gasteiger partial charge >= 0.3 is 0 Å². The predicted molar refractivity (Wildman–Crippen MR) is 117 cm³/mol. The normalized spacial score (nSPS) is 11.0. The fourth-order valence-electron chi connectivity index (χ4n) is 2.79. The molecular formula is C22H30N4O3. The predicted octanol–water partition coefficient (Wildman–Crippen LogP) is 3.13. The van der Waals surface area contributed by atoms with Crippen LogP contribution >= 0.6 is 0 Å². The van der Waals surface area contributed by atoms with E-state index in [4.69, 9.17) is 9.47 Å². The van der Waals surface area contributed by atoms with E-state index in [0.717, 1.165) is 11.3 Å². The van der Waals surface area contributed by atoms with Crippen molar-refractivity contribution < 1.29 is 14.3 Å². The lowest BCUT2D eigenvalue weighted by Crippen LogP contribution is -2.41. The number of aliphatic imine (C=N–C) groups is 1. The number of anilines is 1. The van der Waals surface area contributed by atoms with E-state index in [0.29, 0.717) is 37.2 Å². The standard InChI is InChI=1S/C22H30N4O3/c1-5-26(16-17-10-8-7-9-11-17)21(27)15-24-22(23-3)25-18-12-13-19(28-4)20(14-18)29-6-2/h7-14H,5-6,15-16H2,1-4H3,(H2,23,24,25). The molecule has 0 atom stereocenters. The monoisotopic (exact) mass is 398 g/mol. The zero-order valence-electron chi connectivity index (χ0n) is 17.6. The lowest BCUT2D eigenvalue weighted by atomic mass is 10.2. The van der Waals surface area contributed by atoms with Gasteiger partial charge in [0.25, 0.3) is 0 Å². The van der Waals surface area contributed by atoms with Gasteiger partial charge in [-0.25, -0.2) is 0 Å². The Hall–Kier alpha value is -3.22. The van der Waals surface area contributed by atoms with E-state index in [1.807, 2.05) is 62.4 Å². The third kappa shape index (κ3) is 6.71. The first-order valence-electron chi connectivity index (χ1n) is 9.71. The number of nitrogens with zero attached hydrogens (tertiary/aromatic N) is 2. The third-order valence-electron chi connectivity index (χ3n) is 4.31. The summed E-state index contributed by atoms with van der Waals surface area (Å²) in [4.78, 5) is 18.6. The van der Waals surface area contributed by atoms with E-state index in [2.05, 4.69) is 15.6 Å². The second-order valence-corrected chi connectivity index (χ2v) is 6.24. The number of benzene rings is 2. The Balaban J connectivity index is 1.95. The van der Waals surface area contributed by atoms with Gasteiger partial charge in [0.2, 0.25) is 5.91 Å². The lowest BCUT2D eigenvalue weighted by Gasteiger charge is -2.22. The number of carbonyl (C=O) groups is 1. The Morgan fingerprint density at radius 1 is 1.10 bits per heavy atom. The summed E-state index contributed by atoms with van der Waals surface area (Å²) in [5.74, 6) is 1.81. The van der Waals surface area contributed by atoms with Crippen LogP contribution in [0.1, 0.15) is 19.4 Å². The Morgan fingerprint density at radius 3 is 2.48 bits per heavy atom. The van der Waals surface area contributed by atoms with Gasteiger partial charge in [-0.05, 0) is 31.5 Å². The van der Waals surface area contributed by atoms with Crippen LogP contribution in [0.2, 0.25) is 0 Å². The van der Waals surface area contributed by atoms with Crippen molar-refractivity contribution in [1.29, 1.82) is 0 Å². The summed E-state index contributed by atoms with van der Waals surface area (Å²) in [5, 5.41) is 6.25. The number of likely N-dealkylation sites (N-methyl/N-ethyl adjacent to an activating group) is 1. The van der Waals surface area contributed by atoms with Crippen LogP contribution < -0.4 is 20.1 Å². The van der Waals surface area contributed by atoms with E-state index in [9.17, 15) is 4.79 Å². The Bertz CT molecular complexity index is 809. The highest BCUT2D eigenvalue weighted by molar-refractivity contribution is 5.96. The maximum atomic E-state index is 12.6. The van der Waals surface area contributed by atoms with Crippen LogP contribution in [-0.4, -0.2) is 50.6 Å². The molecule has 2 aromatic carbocycles. The minimum absolute atomic E-state index is 0.00374. The molecule has 0 aliphatic heterocycles. The van der Waals surface area contributed by atoms with Crippen LogP contribution in [0.4, 0.5) is 5.69 Å². The van der Waals surface area contributed by atoms with Gasteiger partial charge in [0.15, 0.2) is 17.5 Å². The van der Waals surface area contributed by atoms with Crippen molar-refractivity contribution in [2.75, 3.05) is 39.2 Å². The Morgan fingerprint density at radius 2 is 1.86 bits per heavy atom. The van der Waals surface area contributed by atoms with Crippen molar-refractivity contribution in [2.45, 2.75) is 20.4 Å². The van der Waals surface area contributed by atoms with Gasteiger partial charge < -0.3 is 25.0 Å². The van der Waals surface area contributed by atoms with Gasteiger partial charge in [0.1, 0.15) is 0 Å². The van der Waals surface area contributed by atoms with Crippen LogP contribution in [0.3, 0.4) is 0 Å². The largest absolute Gasteiger partial charge is 0.493 e. The number of hydrogen-bond acceptors (Lipinski definition) is 4. The van der Waals surface area contributed by atoms with Gasteiger partial charge in [0, 0.05) is 31.9 Å². The molecule has 2 aromatic rings. The number of amides is 1. The summed E-state index contributed by atoms with van der Waals surface area (Å²) in [6, 6.07) is 15.5. The van der Waals surface area contributed by atoms with Gasteiger partial charge in [-0.15, -0.1) is 0 Å². The number of methoxy groups -OCH3 is 1. The van der Waals surface area contributed by atoms with Gasteiger partial charge in [0.05, 0.1) is 20.3 Å². The molecule has 0 unspecified atom stereocenters. The molecule has 2 rings (SSSR count). The zero-order valence-corrected chi connectivity index (χ0v) is 17.6. The highest BCUT2D eigenvalue weighted by Crippen LogP contribution is 2.30. The Labute approximate surface area is 172 Å². The van der Waals surface area contributed by atoms with Crippen molar-refractivity contribution in [3.63, 3.8) is 0 Å². The van der Waals surface area contributed by atoms with Crippen molar-refractivity contribution >= 4 is 17.6 Å². The molecule has 0 fully saturated rings. The number of guanidine groups is 1. The first-order valence-corrected chi connectivity index (χ1v) is 9.71. The molecular weight excluding hydrogens is 368 g/mol. The lowest BCUT2D eigenvalue weighted by molar-refractivity contribution is -0.130. The molecule has 0 bridgehead atoms. The Kier molecular flexibility index (Phi) is 8.82. The molecule has 0 aliphatic carbocycles. The van der Waals surface area contributed by atoms with Crippen LogP contribution in [0.25, 0.3) is 0 Å². The van der Waals surface area contributed by atoms with Crippen LogP contribution in [-0.2, 0) is 11.3 Å². The quantitative estimate of drug-likeness (QED) is 0.501. The number of rotatable bonds is 9. The summed E-state index contributed by atoms with van der Waals surface area (Å²) in [6.07, 6.45) is 0. The average Bonchev–Trinajstić information content (AvgIpc) is 2.75. The maximum Gasteiger partial charge on any atom is 0.242 e. The summed E-state index contributed by atoms with van der Waals surface area (Å²) < 4.78 is 10.9. The average molecular weight is 399 g/mol. The number of nitrogens with one attached hydrogen (secondary N) is 2. The first kappa shape index (κ1) is 22.1. The minimum atomic E-state index is 0.00374. The second-order valence-electron chi connectivity index (χ2n) is 6.24. The molecule has 0 spiro atoms. The van der Waals surface area contributed by atoms with Crippen LogP contribution in [0.5, 0.6) is 11.5 Å². The molecule has 156 valence electrons. The third-order valence-corrected chi connectivity index (χ3v) is 4.31. The molecule has 29 heavy (non-hydrogen) atoms. The molecule has 0 saturated heterocycles. The molecule has 7 nitrogen and oxygen atoms in total. The van der Waals surface area contributed by atoms with Crippen molar-refractivity contribution in [3.8, 4) is 11.5 Å². The van der Waals surface area contributed by atoms with E-state index in [-0.39, 0.29) is 12.5 Å². The summed E-state index contributed by atoms with van der Waals surface area (Å²) in [6.45, 7) is 5.79. The molecule has 0 aromatic heterocycles. The minimum Gasteiger partial charge on any atom is -0.493 e. The number of ether oxygens (including phenoxy) is 2. The molecule has 1 amide bonds. The highest BCUT2D eigenvalue weighted by atomic mass is 16.5. The van der Waals surface area contributed by atoms with Gasteiger partial charge in [-0.3, -0.25) is 9.79 Å². The van der Waals surface area contributed by atoms with E-state index in [1.165, 1.54) is 0 Å². The van der Waals surface area contributed by atoms with Crippen LogP contribution in [0, 0.1) is 0 Å². The SMILES string of the molecule is CCOc1cc(NC(=NC)NCC(=O)N(CC)Cc2ccccc2)ccc1OC. The molecule has 0 radical (unpaired) electrons. The maximum absolute atomic E-state index is 12.6. The fraction of sp³-hybridized carbons (Fsp3) is 0.364. The molecule has 2 N–H and O–H groups in total. The van der Waals surface area contributed by atoms with Crippen LogP contribution in [0.15, 0.2) is 53.5 Å². The first-order chi connectivity index (χ1) is 14.1. The molecule has 0 aliphatic rings. The smallest absolute Gasteiger partial charge is 0.242 e. The van der Waals surface area contributed by atoms with Gasteiger partial charge in [-0.1, -0.05) is 30.3 Å². The molecule has 0 saturated carbocycles. The van der Waals surface area contributed by atoms with Crippen molar-refractivity contribution in [3.05, 3.63) is 54.1 Å². The van der Waals surface area contributed by atoms with E-state index >= 15 is 0 Å². The van der Waals surface area contributed by atoms with E-state index in [1.54, 1.807) is 19.1 Å². The second kappa shape index (κ2) is 11.6. The van der Waals surface area contributed by atoms with Gasteiger partial charge in [-0.2, -0.15) is 0 Å². The van der Waals surface area contributed by atoms with Crippen molar-refractivity contribution in [2.24, 2.45) is 4.99 Å². The summed E-state index contributed by atoms with van der Waals surface area (Å²) >= 11 is 0. The summed E-state index contributed by atoms with van der Waals surface area (Å²) in [5.41, 5.74) is 1.89. The highest BCUT2D eigenvalue weighted by Gasteiger charge is 2.13. The fourth-order valence-corrected chi connectivity index (χ4v) is 2.79. The topological polar surface area (TPSA) is 75.2 Å². The van der Waals surface area contributed by atoms with E-state index < -0.39 is 0 Å². The molecule has 0 heterocycles. The molecule has 7 heteroatoms. The summed E-state index contributed by atoms with van der Waals surface area (Å²) in [7, 11) is 3.26. The number of carbonyl (C=O) groups excluding carboxylic acids is 1. The zero-order chi connectivity index (χ0) is 21.1.